The zero-order valence-electron chi connectivity index (χ0n) is 12.2. The van der Waals surface area contributed by atoms with Gasteiger partial charge in [0, 0.05) is 6.54 Å². The van der Waals surface area contributed by atoms with Crippen molar-refractivity contribution in [3.05, 3.63) is 29.3 Å². The Labute approximate surface area is 114 Å². The number of hydrogen-bond donors (Lipinski definition) is 2. The van der Waals surface area contributed by atoms with Crippen LogP contribution in [0.4, 0.5) is 4.79 Å². The Morgan fingerprint density at radius 3 is 2.53 bits per heavy atom. The van der Waals surface area contributed by atoms with Crippen LogP contribution in [0.2, 0.25) is 0 Å². The van der Waals surface area contributed by atoms with Crippen LogP contribution in [-0.4, -0.2) is 18.8 Å². The maximum Gasteiger partial charge on any atom is 0.422 e. The smallest absolute Gasteiger partial charge is 0.422 e. The van der Waals surface area contributed by atoms with Gasteiger partial charge in [0.05, 0.1) is 7.11 Å². The van der Waals surface area contributed by atoms with Crippen LogP contribution in [0.25, 0.3) is 0 Å². The van der Waals surface area contributed by atoms with E-state index in [9.17, 15) is 4.79 Å². The van der Waals surface area contributed by atoms with Crippen molar-refractivity contribution in [2.24, 2.45) is 0 Å². The summed E-state index contributed by atoms with van der Waals surface area (Å²) in [6.07, 6.45) is -0.488. The molecule has 0 fully saturated rings. The number of ether oxygens (including phenoxy) is 2. The monoisotopic (exact) mass is 266 g/mol. The van der Waals surface area contributed by atoms with Gasteiger partial charge in [0.1, 0.15) is 11.4 Å². The van der Waals surface area contributed by atoms with Crippen molar-refractivity contribution in [1.29, 1.82) is 0 Å². The first-order valence-electron chi connectivity index (χ1n) is 6.17. The predicted molar refractivity (Wildman–Crippen MR) is 73.9 cm³/mol. The van der Waals surface area contributed by atoms with E-state index in [1.165, 1.54) is 0 Å². The molecule has 19 heavy (non-hydrogen) atoms. The van der Waals surface area contributed by atoms with Crippen molar-refractivity contribution in [3.8, 4) is 5.75 Å². The van der Waals surface area contributed by atoms with Crippen LogP contribution in [0.15, 0.2) is 18.2 Å². The van der Waals surface area contributed by atoms with Gasteiger partial charge in [-0.2, -0.15) is 0 Å². The maximum absolute atomic E-state index is 11.4. The fraction of sp³-hybridized carbons (Fsp3) is 0.500. The molecule has 0 unspecified atom stereocenters. The molecule has 0 bridgehead atoms. The second-order valence-electron chi connectivity index (χ2n) is 5.28. The molecule has 5 heteroatoms. The lowest BCUT2D eigenvalue weighted by Gasteiger charge is -2.19. The summed E-state index contributed by atoms with van der Waals surface area (Å²) < 4.78 is 10.3. The molecular formula is C14H22N2O3. The zero-order valence-corrected chi connectivity index (χ0v) is 12.2. The van der Waals surface area contributed by atoms with Crippen molar-refractivity contribution in [2.75, 3.05) is 7.11 Å². The highest BCUT2D eigenvalue weighted by Gasteiger charge is 2.15. The molecule has 0 aliphatic rings. The Kier molecular flexibility index (Phi) is 5.18. The summed E-state index contributed by atoms with van der Waals surface area (Å²) in [5.74, 6) is 0.851. The summed E-state index contributed by atoms with van der Waals surface area (Å²) in [6.45, 7) is 7.95. The molecule has 1 amide bonds. The van der Waals surface area contributed by atoms with E-state index in [2.05, 4.69) is 10.9 Å². The van der Waals surface area contributed by atoms with Crippen molar-refractivity contribution >= 4 is 6.09 Å². The lowest BCUT2D eigenvalue weighted by molar-refractivity contribution is 0.0497. The topological polar surface area (TPSA) is 59.6 Å². The Morgan fingerprint density at radius 1 is 1.32 bits per heavy atom. The summed E-state index contributed by atoms with van der Waals surface area (Å²) >= 11 is 0. The molecule has 5 nitrogen and oxygen atoms in total. The number of amides is 1. The number of methoxy groups -OCH3 is 1. The fourth-order valence-electron chi connectivity index (χ4n) is 1.57. The molecular weight excluding hydrogens is 244 g/mol. The van der Waals surface area contributed by atoms with Gasteiger partial charge in [-0.25, -0.2) is 10.2 Å². The predicted octanol–water partition coefficient (Wildman–Crippen LogP) is 2.53. The van der Waals surface area contributed by atoms with E-state index >= 15 is 0 Å². The van der Waals surface area contributed by atoms with Gasteiger partial charge in [-0.15, -0.1) is 0 Å². The zero-order chi connectivity index (χ0) is 14.5. The number of hydrogen-bond acceptors (Lipinski definition) is 4. The van der Waals surface area contributed by atoms with Crippen LogP contribution in [0, 0.1) is 6.92 Å². The van der Waals surface area contributed by atoms with Gasteiger partial charge < -0.3 is 9.47 Å². The number of rotatable bonds is 4. The van der Waals surface area contributed by atoms with Gasteiger partial charge in [0.15, 0.2) is 0 Å². The van der Waals surface area contributed by atoms with E-state index in [-0.39, 0.29) is 0 Å². The first kappa shape index (κ1) is 15.3. The van der Waals surface area contributed by atoms with Crippen molar-refractivity contribution < 1.29 is 14.3 Å². The molecule has 1 aromatic carbocycles. The molecule has 0 saturated carbocycles. The van der Waals surface area contributed by atoms with E-state index in [0.717, 1.165) is 16.9 Å². The van der Waals surface area contributed by atoms with E-state index < -0.39 is 11.7 Å². The maximum atomic E-state index is 11.4. The third-order valence-corrected chi connectivity index (χ3v) is 2.34. The molecule has 1 aromatic rings. The number of carbonyl (C=O) groups is 1. The van der Waals surface area contributed by atoms with E-state index in [0.29, 0.717) is 6.54 Å². The van der Waals surface area contributed by atoms with Gasteiger partial charge >= 0.3 is 6.09 Å². The number of carbonyl (C=O) groups excluding carboxylic acids is 1. The van der Waals surface area contributed by atoms with Gasteiger partial charge in [0.2, 0.25) is 0 Å². The van der Waals surface area contributed by atoms with Crippen molar-refractivity contribution in [1.82, 2.24) is 10.9 Å². The average Bonchev–Trinajstić information content (AvgIpc) is 2.26. The first-order valence-corrected chi connectivity index (χ1v) is 6.17. The van der Waals surface area contributed by atoms with Crippen LogP contribution < -0.4 is 15.6 Å². The highest BCUT2D eigenvalue weighted by molar-refractivity contribution is 5.66. The summed E-state index contributed by atoms with van der Waals surface area (Å²) in [5.41, 5.74) is 6.92. The lowest BCUT2D eigenvalue weighted by Crippen LogP contribution is -2.40. The molecule has 106 valence electrons. The second-order valence-corrected chi connectivity index (χ2v) is 5.28. The van der Waals surface area contributed by atoms with E-state index in [1.54, 1.807) is 7.11 Å². The Bertz CT molecular complexity index is 439. The number of benzene rings is 1. The molecule has 2 N–H and O–H groups in total. The van der Waals surface area contributed by atoms with Crippen LogP contribution in [0.1, 0.15) is 31.9 Å². The second kappa shape index (κ2) is 6.43. The SMILES string of the molecule is COc1ccc(CNNC(=O)OC(C)(C)C)cc1C. The van der Waals surface area contributed by atoms with Crippen LogP contribution in [0.5, 0.6) is 5.75 Å². The molecule has 0 aliphatic heterocycles. The molecule has 0 radical (unpaired) electrons. The summed E-state index contributed by atoms with van der Waals surface area (Å²) in [7, 11) is 1.64. The minimum atomic E-state index is -0.498. The van der Waals surface area contributed by atoms with Crippen molar-refractivity contribution in [3.63, 3.8) is 0 Å². The van der Waals surface area contributed by atoms with Gasteiger partial charge in [0.25, 0.3) is 0 Å². The normalized spacial score (nSPS) is 11.0. The van der Waals surface area contributed by atoms with Crippen LogP contribution in [0.3, 0.4) is 0 Å². The largest absolute Gasteiger partial charge is 0.496 e. The lowest BCUT2D eigenvalue weighted by atomic mass is 10.1. The van der Waals surface area contributed by atoms with E-state index in [1.807, 2.05) is 45.9 Å². The molecule has 0 spiro atoms. The van der Waals surface area contributed by atoms with Gasteiger partial charge in [-0.05, 0) is 44.9 Å². The number of aryl methyl sites for hydroxylation is 1. The fourth-order valence-corrected chi connectivity index (χ4v) is 1.57. The summed E-state index contributed by atoms with van der Waals surface area (Å²) in [5, 5.41) is 0. The van der Waals surface area contributed by atoms with Gasteiger partial charge in [-0.1, -0.05) is 12.1 Å². The van der Waals surface area contributed by atoms with Crippen LogP contribution in [-0.2, 0) is 11.3 Å². The molecule has 0 atom stereocenters. The average molecular weight is 266 g/mol. The Balaban J connectivity index is 2.41. The molecule has 0 heterocycles. The summed E-state index contributed by atoms with van der Waals surface area (Å²) in [4.78, 5) is 11.4. The van der Waals surface area contributed by atoms with Gasteiger partial charge in [-0.3, -0.25) is 5.43 Å². The highest BCUT2D eigenvalue weighted by Crippen LogP contribution is 2.18. The highest BCUT2D eigenvalue weighted by atomic mass is 16.6. The standard InChI is InChI=1S/C14H22N2O3/c1-10-8-11(6-7-12(10)18-5)9-15-16-13(17)19-14(2,3)4/h6-8,15H,9H2,1-5H3,(H,16,17). The van der Waals surface area contributed by atoms with Crippen LogP contribution >= 0.6 is 0 Å². The number of hydrazine groups is 1. The molecule has 1 rings (SSSR count). The summed E-state index contributed by atoms with van der Waals surface area (Å²) in [6, 6.07) is 5.85. The number of nitrogens with one attached hydrogen (secondary N) is 2. The minimum Gasteiger partial charge on any atom is -0.496 e. The third-order valence-electron chi connectivity index (χ3n) is 2.34. The molecule has 0 aliphatic carbocycles. The molecule has 0 aromatic heterocycles. The minimum absolute atomic E-state index is 0.488. The first-order chi connectivity index (χ1) is 8.81. The molecule has 0 saturated heterocycles. The quantitative estimate of drug-likeness (QED) is 0.822. The third kappa shape index (κ3) is 5.61. The Hall–Kier alpha value is -1.75. The van der Waals surface area contributed by atoms with E-state index in [4.69, 9.17) is 9.47 Å². The van der Waals surface area contributed by atoms with Crippen molar-refractivity contribution in [2.45, 2.75) is 39.8 Å². The Morgan fingerprint density at radius 2 is 2.00 bits per heavy atom.